The average molecular weight is 627 g/mol. The van der Waals surface area contributed by atoms with Crippen molar-refractivity contribution in [1.29, 1.82) is 0 Å². The Kier molecular flexibility index (Phi) is 11.8. The second-order valence-corrected chi connectivity index (χ2v) is 19.4. The van der Waals surface area contributed by atoms with Gasteiger partial charge in [0.15, 0.2) is 0 Å². The zero-order valence-electron chi connectivity index (χ0n) is 29.4. The van der Waals surface area contributed by atoms with Gasteiger partial charge >= 0.3 is 6.09 Å². The van der Waals surface area contributed by atoms with Crippen LogP contribution >= 0.6 is 0 Å². The third kappa shape index (κ3) is 7.42. The molecule has 2 rings (SSSR count). The molecule has 44 heavy (non-hydrogen) atoms. The molecule has 11 heteroatoms. The topological polar surface area (TPSA) is 126 Å². The highest BCUT2D eigenvalue weighted by molar-refractivity contribution is 6.94. The minimum atomic E-state index is -2.31. The Bertz CT molecular complexity index is 1360. The van der Waals surface area contributed by atoms with E-state index in [2.05, 4.69) is 63.6 Å². The first-order valence-corrected chi connectivity index (χ1v) is 17.7. The largest absolute Gasteiger partial charge is 0.444 e. The first kappa shape index (κ1) is 36.7. The highest BCUT2D eigenvalue weighted by atomic mass is 28.3. The van der Waals surface area contributed by atoms with Gasteiger partial charge in [-0.1, -0.05) is 41.5 Å². The van der Waals surface area contributed by atoms with Crippen LogP contribution in [0.1, 0.15) is 91.0 Å². The second kappa shape index (κ2) is 14.1. The van der Waals surface area contributed by atoms with E-state index in [0.29, 0.717) is 39.4 Å². The lowest BCUT2D eigenvalue weighted by Gasteiger charge is -2.42. The summed E-state index contributed by atoms with van der Waals surface area (Å²) in [6.07, 6.45) is -0.588. The molecule has 2 heterocycles. The average Bonchev–Trinajstić information content (AvgIpc) is 2.89. The zero-order valence-corrected chi connectivity index (χ0v) is 30.4. The highest BCUT2D eigenvalue weighted by Crippen LogP contribution is 2.42. The summed E-state index contributed by atoms with van der Waals surface area (Å²) in [7, 11) is 2.62. The molecule has 0 aromatic carbocycles. The Morgan fingerprint density at radius 3 is 1.89 bits per heavy atom. The van der Waals surface area contributed by atoms with Crippen LogP contribution in [0, 0.1) is 13.8 Å². The van der Waals surface area contributed by atoms with Crippen molar-refractivity contribution in [3.8, 4) is 11.1 Å². The first-order valence-electron chi connectivity index (χ1n) is 15.4. The van der Waals surface area contributed by atoms with E-state index in [1.54, 1.807) is 48.8 Å². The summed E-state index contributed by atoms with van der Waals surface area (Å²) in [5, 5.41) is 9.96. The third-order valence-corrected chi connectivity index (χ3v) is 15.5. The maximum Gasteiger partial charge on any atom is 0.410 e. The number of carbonyl (C=O) groups excluding carboxylic acids is 3. The molecule has 1 unspecified atom stereocenters. The van der Waals surface area contributed by atoms with E-state index in [4.69, 9.17) is 14.7 Å². The molecular formula is C33H54N6O4Si. The number of nitrogens with one attached hydrogen (secondary N) is 3. The second-order valence-electron chi connectivity index (χ2n) is 13.5. The van der Waals surface area contributed by atoms with Gasteiger partial charge in [0.1, 0.15) is 25.5 Å². The van der Waals surface area contributed by atoms with Crippen molar-refractivity contribution in [3.63, 3.8) is 0 Å². The number of rotatable bonds is 10. The number of aryl methyl sites for hydroxylation is 2. The van der Waals surface area contributed by atoms with E-state index in [1.165, 1.54) is 4.90 Å². The quantitative estimate of drug-likeness (QED) is 0.267. The highest BCUT2D eigenvalue weighted by Gasteiger charge is 2.46. The minimum Gasteiger partial charge on any atom is -0.444 e. The standard InChI is InChI=1S/C33H54N6O4Si/c1-18(2)44(19(3)4,20(5)6)26-17-24(27-21(7)36-22(8)28(29(27)34-13)31(41)35-14)16-25(37-26)38-30(40)23(9)39(15)32(42)43-33(10,11)12/h16-20,23H,1-15H3,(H,34,36)(H,35,41)(H,37,38,40). The van der Waals surface area contributed by atoms with Crippen LogP contribution in [0.2, 0.25) is 16.6 Å². The Labute approximate surface area is 265 Å². The lowest BCUT2D eigenvalue weighted by atomic mass is 9.97. The number of anilines is 2. The van der Waals surface area contributed by atoms with Gasteiger partial charge in [-0.15, -0.1) is 0 Å². The molecular weight excluding hydrogens is 572 g/mol. The molecule has 0 aliphatic carbocycles. The number of likely N-dealkylation sites (N-methyl/N-ethyl adjacent to an activating group) is 1. The number of amides is 3. The fourth-order valence-electron chi connectivity index (χ4n) is 6.60. The molecule has 0 fully saturated rings. The van der Waals surface area contributed by atoms with Crippen molar-refractivity contribution in [3.05, 3.63) is 29.1 Å². The van der Waals surface area contributed by atoms with Gasteiger partial charge in [0, 0.05) is 37.7 Å². The lowest BCUT2D eigenvalue weighted by Crippen LogP contribution is -2.57. The van der Waals surface area contributed by atoms with E-state index in [0.717, 1.165) is 22.1 Å². The molecule has 3 N–H and O–H groups in total. The van der Waals surface area contributed by atoms with Crippen molar-refractivity contribution >= 4 is 42.8 Å². The Hall–Kier alpha value is -3.47. The van der Waals surface area contributed by atoms with Crippen LogP contribution in [0.15, 0.2) is 12.1 Å². The molecule has 0 radical (unpaired) electrons. The summed E-state index contributed by atoms with van der Waals surface area (Å²) < 4.78 is 5.48. The number of aromatic nitrogens is 2. The molecule has 2 aromatic heterocycles. The van der Waals surface area contributed by atoms with Crippen LogP contribution in [-0.2, 0) is 9.53 Å². The fourth-order valence-corrected chi connectivity index (χ4v) is 13.1. The molecule has 0 spiro atoms. The SMILES string of the molecule is CNC(=O)c1c(C)nc(C)c(-c2cc(NC(=O)C(C)N(C)C(=O)OC(C)(C)C)nc([Si](C(C)C)(C(C)C)C(C)C)c2)c1NC. The van der Waals surface area contributed by atoms with E-state index in [1.807, 2.05) is 19.9 Å². The predicted octanol–water partition coefficient (Wildman–Crippen LogP) is 6.24. The van der Waals surface area contributed by atoms with Crippen LogP contribution in [0.25, 0.3) is 11.1 Å². The van der Waals surface area contributed by atoms with Gasteiger partial charge in [-0.2, -0.15) is 0 Å². The van der Waals surface area contributed by atoms with Crippen LogP contribution in [0.4, 0.5) is 16.3 Å². The van der Waals surface area contributed by atoms with Crippen LogP contribution in [0.5, 0.6) is 0 Å². The van der Waals surface area contributed by atoms with E-state index < -0.39 is 31.7 Å². The van der Waals surface area contributed by atoms with Crippen LogP contribution < -0.4 is 21.3 Å². The predicted molar refractivity (Wildman–Crippen MR) is 183 cm³/mol. The van der Waals surface area contributed by atoms with Gasteiger partial charge in [0.05, 0.1) is 16.9 Å². The molecule has 0 bridgehead atoms. The molecule has 244 valence electrons. The summed E-state index contributed by atoms with van der Waals surface area (Å²) in [5.41, 5.74) is 4.44. The maximum atomic E-state index is 13.6. The summed E-state index contributed by atoms with van der Waals surface area (Å²) in [5.74, 6) is -0.245. The normalized spacial score (nSPS) is 12.8. The van der Waals surface area contributed by atoms with Crippen molar-refractivity contribution in [2.75, 3.05) is 31.8 Å². The summed E-state index contributed by atoms with van der Waals surface area (Å²) in [6, 6.07) is 3.14. The molecule has 3 amide bonds. The van der Waals surface area contributed by atoms with Crippen molar-refractivity contribution in [2.45, 2.75) is 111 Å². The van der Waals surface area contributed by atoms with Gasteiger partial charge in [0.2, 0.25) is 5.91 Å². The molecule has 2 aromatic rings. The fraction of sp³-hybridized carbons (Fsp3) is 0.606. The molecule has 0 saturated carbocycles. The first-order chi connectivity index (χ1) is 20.2. The monoisotopic (exact) mass is 626 g/mol. The zero-order chi connectivity index (χ0) is 33.9. The number of pyridine rings is 2. The van der Waals surface area contributed by atoms with Gasteiger partial charge in [0.25, 0.3) is 5.91 Å². The van der Waals surface area contributed by atoms with Crippen molar-refractivity contribution in [1.82, 2.24) is 20.2 Å². The Morgan fingerprint density at radius 2 is 1.43 bits per heavy atom. The number of nitrogens with zero attached hydrogens (tertiary/aromatic N) is 3. The molecule has 0 aliphatic rings. The van der Waals surface area contributed by atoms with Gasteiger partial charge < -0.3 is 20.7 Å². The smallest absolute Gasteiger partial charge is 0.410 e. The van der Waals surface area contributed by atoms with Gasteiger partial charge in [-0.25, -0.2) is 9.78 Å². The summed E-state index contributed by atoms with van der Waals surface area (Å²) in [6.45, 7) is 24.3. The summed E-state index contributed by atoms with van der Waals surface area (Å²) in [4.78, 5) is 50.5. The third-order valence-electron chi connectivity index (χ3n) is 8.58. The van der Waals surface area contributed by atoms with E-state index in [9.17, 15) is 14.4 Å². The molecule has 0 aliphatic heterocycles. The van der Waals surface area contributed by atoms with Crippen LogP contribution in [-0.4, -0.2) is 73.6 Å². The lowest BCUT2D eigenvalue weighted by molar-refractivity contribution is -0.120. The van der Waals surface area contributed by atoms with Crippen LogP contribution in [0.3, 0.4) is 0 Å². The van der Waals surface area contributed by atoms with Crippen molar-refractivity contribution in [2.24, 2.45) is 0 Å². The molecule has 0 saturated heterocycles. The van der Waals surface area contributed by atoms with Crippen molar-refractivity contribution < 1.29 is 19.1 Å². The Balaban J connectivity index is 2.88. The number of carbonyl (C=O) groups is 3. The molecule has 10 nitrogen and oxygen atoms in total. The van der Waals surface area contributed by atoms with Gasteiger partial charge in [-0.3, -0.25) is 19.5 Å². The summed E-state index contributed by atoms with van der Waals surface area (Å²) >= 11 is 0. The minimum absolute atomic E-state index is 0.238. The van der Waals surface area contributed by atoms with E-state index >= 15 is 0 Å². The Morgan fingerprint density at radius 1 is 0.886 bits per heavy atom. The number of hydrogen-bond acceptors (Lipinski definition) is 7. The maximum absolute atomic E-state index is 13.6. The number of hydrogen-bond donors (Lipinski definition) is 3. The van der Waals surface area contributed by atoms with E-state index in [-0.39, 0.29) is 5.91 Å². The van der Waals surface area contributed by atoms with Gasteiger partial charge in [-0.05, 0) is 75.9 Å². The molecule has 1 atom stereocenters. The number of ether oxygens (including phenoxy) is 1.